The standard InChI is InChI=1S/C45H57N5O12S2/c1-30(2)23-50(64(53,54)37-15-16-39-40(22-37)60-29-59-39)28-58-43(51)45(48-44(52)62-41-26-57-42-38(41)17-20-55-42,61-21-19-49(5)24-34-10-6-8-31(3)46-34)18-7-9-33-11-13-36(14-12-33)56-25-35-27-63-32(4)47-35/h6,8,10-16,22,27,30,38,41-42H,7,9,17-21,23-26,28-29H2,1-5H3,(H,48,52)/t38-,41-,42+,45-/m0/s1. The third kappa shape index (κ3) is 12.3. The molecule has 346 valence electrons. The molecule has 7 rings (SSSR count). The molecule has 4 atom stereocenters. The summed E-state index contributed by atoms with van der Waals surface area (Å²) in [4.78, 5) is 39.7. The lowest BCUT2D eigenvalue weighted by atomic mass is 10.0. The molecule has 3 aliphatic rings. The molecule has 64 heavy (non-hydrogen) atoms. The number of likely N-dealkylation sites (N-methyl/N-ethyl adjacent to an activating group) is 1. The van der Waals surface area contributed by atoms with E-state index in [-0.39, 0.29) is 55.5 Å². The highest BCUT2D eigenvalue weighted by Gasteiger charge is 2.47. The van der Waals surface area contributed by atoms with Gasteiger partial charge in [-0.25, -0.2) is 23.0 Å². The van der Waals surface area contributed by atoms with Gasteiger partial charge in [0.1, 0.15) is 18.5 Å². The van der Waals surface area contributed by atoms with Crippen LogP contribution in [0.3, 0.4) is 0 Å². The van der Waals surface area contributed by atoms with Crippen LogP contribution in [0.1, 0.15) is 60.8 Å². The first-order valence-corrected chi connectivity index (χ1v) is 23.7. The zero-order valence-electron chi connectivity index (χ0n) is 36.9. The van der Waals surface area contributed by atoms with Crippen molar-refractivity contribution in [3.05, 3.63) is 93.7 Å². The summed E-state index contributed by atoms with van der Waals surface area (Å²) in [5, 5.41) is 5.69. The van der Waals surface area contributed by atoms with Crippen LogP contribution >= 0.6 is 11.3 Å². The van der Waals surface area contributed by atoms with Crippen molar-refractivity contribution in [2.45, 2.75) is 89.5 Å². The number of aryl methyl sites for hydroxylation is 3. The molecule has 2 saturated heterocycles. The molecule has 2 aromatic carbocycles. The predicted octanol–water partition coefficient (Wildman–Crippen LogP) is 5.97. The number of aromatic nitrogens is 2. The van der Waals surface area contributed by atoms with E-state index in [1.807, 2.05) is 87.5 Å². The SMILES string of the molecule is Cc1cccc(CN(C)CCO[C@](CCCc2ccc(OCc3csc(C)n3)cc2)(NC(=O)O[C@H]2CO[C@H]3OCC[C@H]32)C(=O)OCN(CC(C)C)S(=O)(=O)c2ccc3c(c2)OCO3)n1. The van der Waals surface area contributed by atoms with Crippen molar-refractivity contribution in [1.29, 1.82) is 0 Å². The molecule has 17 nitrogen and oxygen atoms in total. The number of hydrogen-bond donors (Lipinski definition) is 1. The minimum Gasteiger partial charge on any atom is -0.487 e. The largest absolute Gasteiger partial charge is 0.487 e. The summed E-state index contributed by atoms with van der Waals surface area (Å²) in [6, 6.07) is 17.7. The van der Waals surface area contributed by atoms with Gasteiger partial charge in [0.25, 0.3) is 0 Å². The summed E-state index contributed by atoms with van der Waals surface area (Å²) in [7, 11) is -2.33. The fourth-order valence-electron chi connectivity index (χ4n) is 7.67. The Balaban J connectivity index is 1.11. The average molecular weight is 924 g/mol. The number of ether oxygens (including phenoxy) is 8. The van der Waals surface area contributed by atoms with Crippen LogP contribution < -0.4 is 19.5 Å². The fraction of sp³-hybridized carbons (Fsp3) is 0.511. The van der Waals surface area contributed by atoms with Crippen LogP contribution in [0, 0.1) is 25.7 Å². The number of rotatable bonds is 22. The highest BCUT2D eigenvalue weighted by molar-refractivity contribution is 7.89. The molecular weight excluding hydrogens is 867 g/mol. The Morgan fingerprint density at radius 2 is 1.83 bits per heavy atom. The monoisotopic (exact) mass is 923 g/mol. The normalized spacial score (nSPS) is 18.9. The number of amides is 1. The lowest BCUT2D eigenvalue weighted by Crippen LogP contribution is -2.59. The van der Waals surface area contributed by atoms with Gasteiger partial charge >= 0.3 is 12.1 Å². The maximum atomic E-state index is 14.7. The van der Waals surface area contributed by atoms with Gasteiger partial charge in [-0.05, 0) is 88.0 Å². The summed E-state index contributed by atoms with van der Waals surface area (Å²) in [6.45, 7) is 8.63. The van der Waals surface area contributed by atoms with E-state index in [1.54, 1.807) is 11.3 Å². The van der Waals surface area contributed by atoms with Gasteiger partial charge in [0.15, 0.2) is 24.5 Å². The maximum Gasteiger partial charge on any atom is 0.410 e. The van der Waals surface area contributed by atoms with E-state index in [4.69, 9.17) is 37.9 Å². The second kappa shape index (κ2) is 21.4. The first-order valence-electron chi connectivity index (χ1n) is 21.4. The number of carbonyl (C=O) groups is 2. The number of nitrogens with one attached hydrogen (secondary N) is 1. The van der Waals surface area contributed by atoms with Gasteiger partial charge < -0.3 is 37.9 Å². The Hall–Kier alpha value is -4.89. The molecule has 4 aromatic rings. The van der Waals surface area contributed by atoms with Gasteiger partial charge in [-0.2, -0.15) is 4.31 Å². The molecular formula is C45H57N5O12S2. The van der Waals surface area contributed by atoms with Gasteiger partial charge in [-0.15, -0.1) is 11.3 Å². The third-order valence-electron chi connectivity index (χ3n) is 10.9. The number of esters is 1. The number of benzene rings is 2. The molecule has 0 unspecified atom stereocenters. The number of thiazole rings is 1. The molecule has 0 spiro atoms. The molecule has 2 aromatic heterocycles. The van der Waals surface area contributed by atoms with Crippen molar-refractivity contribution in [3.8, 4) is 17.2 Å². The number of fused-ring (bicyclic) bond motifs is 2. The Kier molecular flexibility index (Phi) is 15.7. The Labute approximate surface area is 378 Å². The topological polar surface area (TPSA) is 186 Å². The lowest BCUT2D eigenvalue weighted by molar-refractivity contribution is -0.182. The number of hydrogen-bond acceptors (Lipinski definition) is 16. The number of alkyl carbamates (subject to hydrolysis) is 1. The van der Waals surface area contributed by atoms with E-state index in [9.17, 15) is 18.0 Å². The third-order valence-corrected chi connectivity index (χ3v) is 13.5. The Morgan fingerprint density at radius 3 is 2.59 bits per heavy atom. The van der Waals surface area contributed by atoms with Crippen LogP contribution in [0.25, 0.3) is 0 Å². The van der Waals surface area contributed by atoms with Gasteiger partial charge in [-0.3, -0.25) is 15.2 Å². The van der Waals surface area contributed by atoms with Crippen LogP contribution in [0.2, 0.25) is 0 Å². The summed E-state index contributed by atoms with van der Waals surface area (Å²) in [5.41, 5.74) is 1.43. The van der Waals surface area contributed by atoms with Crippen molar-refractivity contribution in [2.24, 2.45) is 11.8 Å². The molecule has 19 heteroatoms. The van der Waals surface area contributed by atoms with E-state index in [2.05, 4.69) is 15.3 Å². The van der Waals surface area contributed by atoms with Gasteiger partial charge in [-0.1, -0.05) is 32.0 Å². The number of nitrogens with zero attached hydrogens (tertiary/aromatic N) is 4. The first-order chi connectivity index (χ1) is 30.8. The Morgan fingerprint density at radius 1 is 1.02 bits per heavy atom. The van der Waals surface area contributed by atoms with E-state index >= 15 is 0 Å². The summed E-state index contributed by atoms with van der Waals surface area (Å²) in [6.07, 6.45) is -0.605. The predicted molar refractivity (Wildman–Crippen MR) is 234 cm³/mol. The molecule has 0 bridgehead atoms. The molecule has 0 radical (unpaired) electrons. The van der Waals surface area contributed by atoms with Crippen molar-refractivity contribution < 1.29 is 55.9 Å². The molecule has 5 heterocycles. The summed E-state index contributed by atoms with van der Waals surface area (Å²) in [5.74, 6) is 0.0793. The minimum atomic E-state index is -4.23. The second-order valence-electron chi connectivity index (χ2n) is 16.5. The summed E-state index contributed by atoms with van der Waals surface area (Å²) >= 11 is 1.57. The first kappa shape index (κ1) is 47.1. The van der Waals surface area contributed by atoms with Crippen LogP contribution in [0.4, 0.5) is 4.79 Å². The molecule has 1 N–H and O–H groups in total. The van der Waals surface area contributed by atoms with Gasteiger partial charge in [0, 0.05) is 43.2 Å². The van der Waals surface area contributed by atoms with Gasteiger partial charge in [0.2, 0.25) is 22.5 Å². The van der Waals surface area contributed by atoms with E-state index in [1.165, 1.54) is 18.2 Å². The number of pyridine rings is 1. The fourth-order valence-corrected chi connectivity index (χ4v) is 9.74. The molecule has 2 fully saturated rings. The van der Waals surface area contributed by atoms with E-state index in [0.717, 1.165) is 32.0 Å². The minimum absolute atomic E-state index is 0.0145. The van der Waals surface area contributed by atoms with E-state index < -0.39 is 46.9 Å². The van der Waals surface area contributed by atoms with Crippen LogP contribution in [0.5, 0.6) is 17.2 Å². The average Bonchev–Trinajstić information content (AvgIpc) is 4.09. The zero-order chi connectivity index (χ0) is 45.3. The van der Waals surface area contributed by atoms with Crippen LogP contribution in [-0.2, 0) is 58.1 Å². The second-order valence-corrected chi connectivity index (χ2v) is 19.5. The van der Waals surface area contributed by atoms with Crippen molar-refractivity contribution in [2.75, 3.05) is 53.5 Å². The van der Waals surface area contributed by atoms with Crippen molar-refractivity contribution in [3.63, 3.8) is 0 Å². The van der Waals surface area contributed by atoms with Gasteiger partial charge in [0.05, 0.1) is 47.0 Å². The smallest absolute Gasteiger partial charge is 0.410 e. The highest BCUT2D eigenvalue weighted by atomic mass is 32.2. The quantitative estimate of drug-likeness (QED) is 0.0718. The maximum absolute atomic E-state index is 14.7. The zero-order valence-corrected chi connectivity index (χ0v) is 38.5. The summed E-state index contributed by atoms with van der Waals surface area (Å²) < 4.78 is 75.8. The molecule has 3 aliphatic heterocycles. The Bertz CT molecular complexity index is 2310. The highest BCUT2D eigenvalue weighted by Crippen LogP contribution is 2.36. The van der Waals surface area contributed by atoms with Crippen LogP contribution in [0.15, 0.2) is 70.9 Å². The van der Waals surface area contributed by atoms with E-state index in [0.29, 0.717) is 57.1 Å². The van der Waals surface area contributed by atoms with Crippen LogP contribution in [-0.4, -0.2) is 111 Å². The molecule has 0 aliphatic carbocycles. The number of sulfonamides is 1. The lowest BCUT2D eigenvalue weighted by Gasteiger charge is -2.34. The molecule has 0 saturated carbocycles. The molecule has 1 amide bonds. The van der Waals surface area contributed by atoms with Crippen molar-refractivity contribution >= 4 is 33.4 Å². The number of carbonyl (C=O) groups excluding carboxylic acids is 2. The van der Waals surface area contributed by atoms with Crippen molar-refractivity contribution in [1.82, 2.24) is 24.5 Å².